The zero-order chi connectivity index (χ0) is 30.2. The number of ether oxygens (including phenoxy) is 2. The second kappa shape index (κ2) is 11.5. The van der Waals surface area contributed by atoms with Crippen LogP contribution in [0.15, 0.2) is 51.5 Å². The van der Waals surface area contributed by atoms with Crippen LogP contribution in [-0.4, -0.2) is 57.4 Å². The number of benzene rings is 2. The van der Waals surface area contributed by atoms with Crippen molar-refractivity contribution < 1.29 is 36.2 Å². The van der Waals surface area contributed by atoms with E-state index in [4.69, 9.17) is 13.9 Å². The van der Waals surface area contributed by atoms with Crippen LogP contribution >= 0.6 is 15.9 Å². The van der Waals surface area contributed by atoms with E-state index in [1.54, 1.807) is 35.9 Å². The van der Waals surface area contributed by atoms with Crippen LogP contribution in [-0.2, 0) is 28.3 Å². The highest BCUT2D eigenvalue weighted by atomic mass is 79.9. The van der Waals surface area contributed by atoms with E-state index >= 15 is 0 Å². The smallest absolute Gasteiger partial charge is 0.406 e. The molecule has 222 valence electrons. The fourth-order valence-corrected chi connectivity index (χ4v) is 5.50. The van der Waals surface area contributed by atoms with Gasteiger partial charge < -0.3 is 23.4 Å². The van der Waals surface area contributed by atoms with Crippen LogP contribution in [0.4, 0.5) is 17.6 Å². The molecule has 0 spiro atoms. The first-order valence-electron chi connectivity index (χ1n) is 12.9. The molecule has 0 bridgehead atoms. The highest BCUT2D eigenvalue weighted by Gasteiger charge is 2.51. The minimum Gasteiger partial charge on any atom is -0.496 e. The molecule has 0 fully saturated rings. The number of oxazole rings is 1. The molecule has 1 atom stereocenters. The van der Waals surface area contributed by atoms with Gasteiger partial charge in [0.05, 0.1) is 25.5 Å². The van der Waals surface area contributed by atoms with Crippen LogP contribution in [0.5, 0.6) is 5.75 Å². The van der Waals surface area contributed by atoms with Crippen LogP contribution in [0, 0.1) is 12.7 Å². The minimum atomic E-state index is -4.63. The summed E-state index contributed by atoms with van der Waals surface area (Å²) in [5, 5.41) is 8.63. The van der Waals surface area contributed by atoms with Crippen molar-refractivity contribution in [1.82, 2.24) is 24.6 Å². The van der Waals surface area contributed by atoms with Gasteiger partial charge in [-0.15, -0.1) is 10.2 Å². The summed E-state index contributed by atoms with van der Waals surface area (Å²) in [5.41, 5.74) is -0.119. The van der Waals surface area contributed by atoms with E-state index in [1.165, 1.54) is 25.3 Å². The number of hydrogen-bond acceptors (Lipinski definition) is 7. The van der Waals surface area contributed by atoms with Crippen molar-refractivity contribution in [3.63, 3.8) is 0 Å². The van der Waals surface area contributed by atoms with Crippen LogP contribution in [0.2, 0.25) is 0 Å². The standard InChI is InChI=1S/C28H26BrF4N5O4/c1-16-34-13-23(42-16)20-8-6-17(11-22(20)40-3)24-35-36-25-27(9-4-10-38(24)25,26(39)37(2)15-28(31,32)33)41-14-18-5-7-19(30)12-21(18)29/h5-8,11-13H,4,9-10,14-15H2,1-3H3. The number of carbonyl (C=O) groups excluding carboxylic acids is 1. The summed E-state index contributed by atoms with van der Waals surface area (Å²) < 4.78 is 73.1. The van der Waals surface area contributed by atoms with Gasteiger partial charge in [-0.3, -0.25) is 4.79 Å². The second-order valence-electron chi connectivity index (χ2n) is 9.89. The molecule has 5 rings (SSSR count). The van der Waals surface area contributed by atoms with Crippen molar-refractivity contribution in [3.8, 4) is 28.5 Å². The SMILES string of the molecule is COc1cc(-c2nnc3n2CCCC3(OCc2ccc(F)cc2Br)C(=O)N(C)CC(F)(F)F)ccc1-c1cnc(C)o1. The maximum absolute atomic E-state index is 13.8. The van der Waals surface area contributed by atoms with Crippen LogP contribution in [0.25, 0.3) is 22.7 Å². The molecule has 0 N–H and O–H groups in total. The molecule has 0 saturated carbocycles. The molecule has 2 aromatic carbocycles. The predicted octanol–water partition coefficient (Wildman–Crippen LogP) is 6.05. The van der Waals surface area contributed by atoms with E-state index in [1.807, 2.05) is 0 Å². The number of aromatic nitrogens is 4. The van der Waals surface area contributed by atoms with E-state index in [0.29, 0.717) is 62.3 Å². The number of carbonyl (C=O) groups is 1. The van der Waals surface area contributed by atoms with Crippen molar-refractivity contribution >= 4 is 21.8 Å². The van der Waals surface area contributed by atoms with Gasteiger partial charge in [0.1, 0.15) is 18.1 Å². The lowest BCUT2D eigenvalue weighted by Crippen LogP contribution is -2.52. The first-order chi connectivity index (χ1) is 19.9. The third kappa shape index (κ3) is 5.77. The quantitative estimate of drug-likeness (QED) is 0.214. The minimum absolute atomic E-state index is 0.0675. The molecule has 0 radical (unpaired) electrons. The van der Waals surface area contributed by atoms with Crippen molar-refractivity contribution in [2.45, 2.75) is 44.7 Å². The molecule has 3 heterocycles. The van der Waals surface area contributed by atoms with E-state index in [0.717, 1.165) is 7.05 Å². The number of aryl methyl sites for hydroxylation is 1. The van der Waals surface area contributed by atoms with Crippen molar-refractivity contribution in [1.29, 1.82) is 0 Å². The van der Waals surface area contributed by atoms with Gasteiger partial charge >= 0.3 is 6.18 Å². The fraction of sp³-hybridized carbons (Fsp3) is 0.357. The Morgan fingerprint density at radius 2 is 2.00 bits per heavy atom. The highest BCUT2D eigenvalue weighted by Crippen LogP contribution is 2.41. The van der Waals surface area contributed by atoms with Gasteiger partial charge in [0.25, 0.3) is 5.91 Å². The maximum Gasteiger partial charge on any atom is 0.406 e. The van der Waals surface area contributed by atoms with Gasteiger partial charge in [-0.2, -0.15) is 13.2 Å². The molecule has 4 aromatic rings. The molecule has 2 aromatic heterocycles. The van der Waals surface area contributed by atoms with E-state index < -0.39 is 30.0 Å². The van der Waals surface area contributed by atoms with Gasteiger partial charge in [-0.25, -0.2) is 9.37 Å². The normalized spacial score (nSPS) is 16.8. The summed E-state index contributed by atoms with van der Waals surface area (Å²) in [7, 11) is 2.58. The molecule has 1 aliphatic heterocycles. The zero-order valence-electron chi connectivity index (χ0n) is 22.8. The Balaban J connectivity index is 1.56. The summed E-state index contributed by atoms with van der Waals surface area (Å²) in [6, 6.07) is 9.22. The number of likely N-dealkylation sites (N-methyl/N-ethyl adjacent to an activating group) is 1. The summed E-state index contributed by atoms with van der Waals surface area (Å²) in [5.74, 6) is 0.542. The summed E-state index contributed by atoms with van der Waals surface area (Å²) in [4.78, 5) is 18.5. The Labute approximate surface area is 246 Å². The fourth-order valence-electron chi connectivity index (χ4n) is 5.03. The monoisotopic (exact) mass is 651 g/mol. The lowest BCUT2D eigenvalue weighted by Gasteiger charge is -2.38. The Kier molecular flexibility index (Phi) is 8.12. The van der Waals surface area contributed by atoms with Crippen LogP contribution in [0.1, 0.15) is 30.1 Å². The molecular formula is C28H26BrF4N5O4. The van der Waals surface area contributed by atoms with E-state index in [-0.39, 0.29) is 18.9 Å². The van der Waals surface area contributed by atoms with Crippen LogP contribution in [0.3, 0.4) is 0 Å². The van der Waals surface area contributed by atoms with Crippen molar-refractivity contribution in [2.24, 2.45) is 0 Å². The summed E-state index contributed by atoms with van der Waals surface area (Å²) in [6.45, 7) is 0.444. The molecule has 0 aliphatic carbocycles. The Hall–Kier alpha value is -3.78. The highest BCUT2D eigenvalue weighted by molar-refractivity contribution is 9.10. The molecule has 0 saturated heterocycles. The zero-order valence-corrected chi connectivity index (χ0v) is 24.4. The molecule has 14 heteroatoms. The van der Waals surface area contributed by atoms with Gasteiger partial charge in [-0.05, 0) is 42.7 Å². The number of rotatable bonds is 8. The van der Waals surface area contributed by atoms with Gasteiger partial charge in [0.15, 0.2) is 23.3 Å². The maximum atomic E-state index is 13.8. The predicted molar refractivity (Wildman–Crippen MR) is 146 cm³/mol. The lowest BCUT2D eigenvalue weighted by molar-refractivity contribution is -0.182. The average molecular weight is 652 g/mol. The number of hydrogen-bond donors (Lipinski definition) is 0. The average Bonchev–Trinajstić information content (AvgIpc) is 3.57. The van der Waals surface area contributed by atoms with Crippen LogP contribution < -0.4 is 4.74 Å². The topological polar surface area (TPSA) is 95.5 Å². The summed E-state index contributed by atoms with van der Waals surface area (Å²) in [6.07, 6.45) is -2.58. The third-order valence-electron chi connectivity index (χ3n) is 6.97. The molecular weight excluding hydrogens is 626 g/mol. The molecule has 9 nitrogen and oxygen atoms in total. The first-order valence-corrected chi connectivity index (χ1v) is 13.7. The number of methoxy groups -OCH3 is 1. The van der Waals surface area contributed by atoms with Crippen molar-refractivity contribution in [2.75, 3.05) is 20.7 Å². The summed E-state index contributed by atoms with van der Waals surface area (Å²) >= 11 is 3.28. The lowest BCUT2D eigenvalue weighted by atomic mass is 9.90. The van der Waals surface area contributed by atoms with Gasteiger partial charge in [-0.1, -0.05) is 28.1 Å². The largest absolute Gasteiger partial charge is 0.496 e. The molecule has 1 amide bonds. The number of halogens is 5. The number of nitrogens with zero attached hydrogens (tertiary/aromatic N) is 5. The van der Waals surface area contributed by atoms with Gasteiger partial charge in [0, 0.05) is 30.6 Å². The molecule has 42 heavy (non-hydrogen) atoms. The van der Waals surface area contributed by atoms with Crippen molar-refractivity contribution in [3.05, 3.63) is 70.2 Å². The molecule has 1 unspecified atom stereocenters. The number of alkyl halides is 3. The Morgan fingerprint density at radius 3 is 2.67 bits per heavy atom. The molecule has 1 aliphatic rings. The second-order valence-corrected chi connectivity index (χ2v) is 10.7. The third-order valence-corrected chi connectivity index (χ3v) is 7.71. The van der Waals surface area contributed by atoms with E-state index in [2.05, 4.69) is 31.1 Å². The van der Waals surface area contributed by atoms with Gasteiger partial charge in [0.2, 0.25) is 5.60 Å². The Bertz CT molecular complexity index is 1620. The number of fused-ring (bicyclic) bond motifs is 1. The first kappa shape index (κ1) is 29.7. The van der Waals surface area contributed by atoms with E-state index in [9.17, 15) is 22.4 Å². The Morgan fingerprint density at radius 1 is 1.21 bits per heavy atom. The number of amides is 1.